The number of hydrogen-bond donors (Lipinski definition) is 1. The van der Waals surface area contributed by atoms with Crippen LogP contribution in [0.5, 0.6) is 0 Å². The van der Waals surface area contributed by atoms with E-state index in [2.05, 4.69) is 9.97 Å². The Labute approximate surface area is 173 Å². The first-order valence-electron chi connectivity index (χ1n) is 9.72. The summed E-state index contributed by atoms with van der Waals surface area (Å²) in [7, 11) is 0. The van der Waals surface area contributed by atoms with Crippen molar-refractivity contribution in [3.8, 4) is 0 Å². The van der Waals surface area contributed by atoms with Crippen LogP contribution in [0.4, 0.5) is 0 Å². The molecular formula is C23H22N4O3. The summed E-state index contributed by atoms with van der Waals surface area (Å²) in [4.78, 5) is 33.3. The Hall–Kier alpha value is -3.74. The highest BCUT2D eigenvalue weighted by Crippen LogP contribution is 2.17. The van der Waals surface area contributed by atoms with Crippen LogP contribution in [0.3, 0.4) is 0 Å². The summed E-state index contributed by atoms with van der Waals surface area (Å²) in [6, 6.07) is 13.2. The lowest BCUT2D eigenvalue weighted by Gasteiger charge is -2.07. The lowest BCUT2D eigenvalue weighted by Crippen LogP contribution is -2.25. The summed E-state index contributed by atoms with van der Waals surface area (Å²) in [5, 5.41) is 9.38. The molecule has 0 saturated heterocycles. The molecule has 0 aliphatic rings. The van der Waals surface area contributed by atoms with Crippen molar-refractivity contribution in [2.75, 3.05) is 0 Å². The Balaban J connectivity index is 1.79. The third kappa shape index (κ3) is 3.74. The molecule has 30 heavy (non-hydrogen) atoms. The van der Waals surface area contributed by atoms with E-state index in [9.17, 15) is 14.7 Å². The molecule has 0 aliphatic heterocycles. The fourth-order valence-corrected chi connectivity index (χ4v) is 3.52. The smallest absolute Gasteiger partial charge is 0.337 e. The highest BCUT2D eigenvalue weighted by atomic mass is 16.4. The van der Waals surface area contributed by atoms with Crippen molar-refractivity contribution in [2.24, 2.45) is 0 Å². The molecule has 7 heteroatoms. The number of aromatic carboxylic acids is 1. The molecule has 0 saturated carbocycles. The summed E-state index contributed by atoms with van der Waals surface area (Å²) >= 11 is 0. The molecule has 0 bridgehead atoms. The molecule has 4 aromatic rings. The van der Waals surface area contributed by atoms with E-state index in [0.29, 0.717) is 30.7 Å². The number of rotatable bonds is 6. The molecule has 152 valence electrons. The van der Waals surface area contributed by atoms with Gasteiger partial charge in [-0.15, -0.1) is 0 Å². The Morgan fingerprint density at radius 3 is 2.57 bits per heavy atom. The second-order valence-electron chi connectivity index (χ2n) is 7.38. The number of carboxylic acid groups (broad SMARTS) is 1. The van der Waals surface area contributed by atoms with E-state index in [1.165, 1.54) is 17.8 Å². The van der Waals surface area contributed by atoms with E-state index in [4.69, 9.17) is 0 Å². The first-order valence-corrected chi connectivity index (χ1v) is 9.72. The van der Waals surface area contributed by atoms with E-state index < -0.39 is 5.97 Å². The molecule has 0 aliphatic carbocycles. The Morgan fingerprint density at radius 1 is 1.03 bits per heavy atom. The van der Waals surface area contributed by atoms with Gasteiger partial charge < -0.3 is 5.11 Å². The largest absolute Gasteiger partial charge is 0.478 e. The molecule has 7 nitrogen and oxygen atoms in total. The molecular weight excluding hydrogens is 380 g/mol. The Morgan fingerprint density at radius 2 is 1.87 bits per heavy atom. The molecule has 3 heterocycles. The zero-order chi connectivity index (χ0) is 21.3. The van der Waals surface area contributed by atoms with E-state index in [1.54, 1.807) is 15.3 Å². The van der Waals surface area contributed by atoms with Crippen LogP contribution in [0, 0.1) is 13.8 Å². The lowest BCUT2D eigenvalue weighted by molar-refractivity contribution is 0.0696. The van der Waals surface area contributed by atoms with Gasteiger partial charge in [0.2, 0.25) is 0 Å². The number of carboxylic acids is 1. The molecule has 3 aromatic heterocycles. The van der Waals surface area contributed by atoms with Crippen LogP contribution in [0.25, 0.3) is 11.2 Å². The summed E-state index contributed by atoms with van der Waals surface area (Å²) in [6.07, 6.45) is 3.59. The monoisotopic (exact) mass is 402 g/mol. The van der Waals surface area contributed by atoms with Crippen LogP contribution >= 0.6 is 0 Å². The minimum absolute atomic E-state index is 0.0539. The SMILES string of the molecule is Cc1ccc(Cn2c(=O)n(CCc3ccccn3)c3ncc(C(=O)O)cc32)cc1C. The van der Waals surface area contributed by atoms with Gasteiger partial charge in [0, 0.05) is 31.1 Å². The summed E-state index contributed by atoms with van der Waals surface area (Å²) in [6.45, 7) is 4.82. The van der Waals surface area contributed by atoms with Crippen molar-refractivity contribution in [2.45, 2.75) is 33.4 Å². The number of pyridine rings is 2. The van der Waals surface area contributed by atoms with Crippen molar-refractivity contribution in [3.05, 3.63) is 93.3 Å². The maximum absolute atomic E-state index is 13.3. The molecule has 1 aromatic carbocycles. The maximum atomic E-state index is 13.3. The van der Waals surface area contributed by atoms with Crippen LogP contribution < -0.4 is 5.69 Å². The van der Waals surface area contributed by atoms with E-state index in [0.717, 1.165) is 16.8 Å². The highest BCUT2D eigenvalue weighted by molar-refractivity contribution is 5.91. The average molecular weight is 402 g/mol. The first-order chi connectivity index (χ1) is 14.4. The van der Waals surface area contributed by atoms with E-state index >= 15 is 0 Å². The van der Waals surface area contributed by atoms with Crippen molar-refractivity contribution < 1.29 is 9.90 Å². The predicted octanol–water partition coefficient (Wildman–Crippen LogP) is 3.20. The maximum Gasteiger partial charge on any atom is 0.337 e. The normalized spacial score (nSPS) is 11.1. The van der Waals surface area contributed by atoms with Crippen molar-refractivity contribution in [1.29, 1.82) is 0 Å². The van der Waals surface area contributed by atoms with Gasteiger partial charge in [0.15, 0.2) is 5.65 Å². The highest BCUT2D eigenvalue weighted by Gasteiger charge is 2.17. The van der Waals surface area contributed by atoms with E-state index in [-0.39, 0.29) is 11.3 Å². The van der Waals surface area contributed by atoms with Crippen LogP contribution in [0.15, 0.2) is 59.7 Å². The molecule has 0 radical (unpaired) electrons. The van der Waals surface area contributed by atoms with E-state index in [1.807, 2.05) is 50.2 Å². The van der Waals surface area contributed by atoms with Gasteiger partial charge in [-0.3, -0.25) is 14.1 Å². The molecule has 1 N–H and O–H groups in total. The van der Waals surface area contributed by atoms with Gasteiger partial charge in [-0.05, 0) is 48.7 Å². The minimum atomic E-state index is -1.07. The topological polar surface area (TPSA) is 90.0 Å². The van der Waals surface area contributed by atoms with Crippen LogP contribution in [-0.4, -0.2) is 30.2 Å². The second kappa shape index (κ2) is 7.94. The number of imidazole rings is 1. The molecule has 0 unspecified atom stereocenters. The summed E-state index contributed by atoms with van der Waals surface area (Å²) in [5.74, 6) is -1.07. The number of aromatic nitrogens is 4. The Bertz CT molecular complexity index is 1290. The van der Waals surface area contributed by atoms with Gasteiger partial charge in [0.25, 0.3) is 0 Å². The molecule has 0 atom stereocenters. The average Bonchev–Trinajstić information content (AvgIpc) is 3.00. The van der Waals surface area contributed by atoms with Gasteiger partial charge in [0.05, 0.1) is 17.6 Å². The molecule has 4 rings (SSSR count). The molecule has 0 spiro atoms. The first kappa shape index (κ1) is 19.6. The lowest BCUT2D eigenvalue weighted by atomic mass is 10.1. The number of fused-ring (bicyclic) bond motifs is 1. The summed E-state index contributed by atoms with van der Waals surface area (Å²) in [5.41, 5.74) is 5.00. The number of aryl methyl sites for hydroxylation is 4. The van der Waals surface area contributed by atoms with Crippen LogP contribution in [-0.2, 0) is 19.5 Å². The van der Waals surface area contributed by atoms with Gasteiger partial charge in [0.1, 0.15) is 0 Å². The standard InChI is InChI=1S/C23H22N4O3/c1-15-6-7-17(11-16(15)2)14-27-20-12-18(22(28)29)13-25-21(20)26(23(27)30)10-8-19-5-3-4-9-24-19/h3-7,9,11-13H,8,10,14H2,1-2H3,(H,28,29). The number of nitrogens with zero attached hydrogens (tertiary/aromatic N) is 4. The van der Waals surface area contributed by atoms with Crippen LogP contribution in [0.2, 0.25) is 0 Å². The second-order valence-corrected chi connectivity index (χ2v) is 7.38. The van der Waals surface area contributed by atoms with Gasteiger partial charge in [-0.1, -0.05) is 24.3 Å². The number of benzene rings is 1. The fourth-order valence-electron chi connectivity index (χ4n) is 3.52. The van der Waals surface area contributed by atoms with Gasteiger partial charge in [-0.25, -0.2) is 14.6 Å². The minimum Gasteiger partial charge on any atom is -0.478 e. The van der Waals surface area contributed by atoms with Crippen molar-refractivity contribution >= 4 is 17.1 Å². The van der Waals surface area contributed by atoms with Crippen molar-refractivity contribution in [1.82, 2.24) is 19.1 Å². The predicted molar refractivity (Wildman–Crippen MR) is 114 cm³/mol. The third-order valence-electron chi connectivity index (χ3n) is 5.33. The summed E-state index contributed by atoms with van der Waals surface area (Å²) < 4.78 is 3.19. The van der Waals surface area contributed by atoms with Crippen molar-refractivity contribution in [3.63, 3.8) is 0 Å². The quantitative estimate of drug-likeness (QED) is 0.535. The Kier molecular flexibility index (Phi) is 5.18. The zero-order valence-electron chi connectivity index (χ0n) is 16.9. The van der Waals surface area contributed by atoms with Gasteiger partial charge in [-0.2, -0.15) is 0 Å². The molecule has 0 fully saturated rings. The van der Waals surface area contributed by atoms with Gasteiger partial charge >= 0.3 is 11.7 Å². The number of hydrogen-bond acceptors (Lipinski definition) is 4. The third-order valence-corrected chi connectivity index (χ3v) is 5.33. The van der Waals surface area contributed by atoms with Crippen LogP contribution in [0.1, 0.15) is 32.7 Å². The fraction of sp³-hybridized carbons (Fsp3) is 0.217. The zero-order valence-corrected chi connectivity index (χ0v) is 16.9. The number of carbonyl (C=O) groups is 1. The molecule has 0 amide bonds.